The summed E-state index contributed by atoms with van der Waals surface area (Å²) in [6.45, 7) is 0. The highest BCUT2D eigenvalue weighted by Crippen LogP contribution is 2.43. The average Bonchev–Trinajstić information content (AvgIpc) is 3.72. The van der Waals surface area contributed by atoms with Gasteiger partial charge in [0, 0.05) is 53.7 Å². The zero-order valence-electron chi connectivity index (χ0n) is 26.6. The molecule has 230 valence electrons. The zero-order chi connectivity index (χ0) is 32.3. The second kappa shape index (κ2) is 11.2. The molecular weight excluding hydrogens is 613 g/mol. The van der Waals surface area contributed by atoms with Crippen LogP contribution in [0.25, 0.3) is 69.6 Å². The molecule has 10 rings (SSSR count). The maximum atomic E-state index is 2.40. The molecule has 0 fully saturated rings. The van der Waals surface area contributed by atoms with E-state index < -0.39 is 0 Å². The molecule has 49 heavy (non-hydrogen) atoms. The molecule has 10 aromatic rings. The molecule has 0 amide bonds. The van der Waals surface area contributed by atoms with E-state index in [1.807, 2.05) is 11.3 Å². The van der Waals surface area contributed by atoms with E-state index in [1.54, 1.807) is 0 Å². The first-order chi connectivity index (χ1) is 24.3. The summed E-state index contributed by atoms with van der Waals surface area (Å²) in [6.07, 6.45) is 0. The fraction of sp³-hybridized carbons (Fsp3) is 0. The number of benzene rings is 8. The van der Waals surface area contributed by atoms with Crippen molar-refractivity contribution in [2.24, 2.45) is 0 Å². The minimum atomic E-state index is 1.11. The van der Waals surface area contributed by atoms with E-state index in [9.17, 15) is 0 Å². The first-order valence-electron chi connectivity index (χ1n) is 16.7. The number of nitrogens with zero attached hydrogens (tertiary/aromatic N) is 2. The van der Waals surface area contributed by atoms with Crippen LogP contribution in [0.2, 0.25) is 0 Å². The number of hydrogen-bond donors (Lipinski definition) is 0. The summed E-state index contributed by atoms with van der Waals surface area (Å²) in [5.41, 5.74) is 9.32. The van der Waals surface area contributed by atoms with E-state index in [4.69, 9.17) is 0 Å². The van der Waals surface area contributed by atoms with Crippen molar-refractivity contribution >= 4 is 81.1 Å². The number of thiophene rings is 1. The quantitative estimate of drug-likeness (QED) is 0.181. The lowest BCUT2D eigenvalue weighted by molar-refractivity contribution is 1.18. The Kier molecular flexibility index (Phi) is 6.39. The number of hydrogen-bond acceptors (Lipinski definition) is 2. The second-order valence-corrected chi connectivity index (χ2v) is 13.6. The van der Waals surface area contributed by atoms with Gasteiger partial charge < -0.3 is 9.47 Å². The average molecular weight is 643 g/mol. The Bertz CT molecular complexity index is 2810. The van der Waals surface area contributed by atoms with E-state index >= 15 is 0 Å². The normalized spacial score (nSPS) is 11.7. The lowest BCUT2D eigenvalue weighted by Gasteiger charge is -2.26. The number of aromatic nitrogens is 1. The lowest BCUT2D eigenvalue weighted by atomic mass is 10.0. The molecule has 0 unspecified atom stereocenters. The molecule has 2 heterocycles. The van der Waals surface area contributed by atoms with E-state index in [0.29, 0.717) is 0 Å². The highest BCUT2D eigenvalue weighted by atomic mass is 32.1. The van der Waals surface area contributed by atoms with Crippen LogP contribution in [-0.2, 0) is 0 Å². The first-order valence-corrected chi connectivity index (χ1v) is 17.5. The number of fused-ring (bicyclic) bond motifs is 8. The van der Waals surface area contributed by atoms with Gasteiger partial charge in [-0.3, -0.25) is 0 Å². The maximum Gasteiger partial charge on any atom is 0.0561 e. The van der Waals surface area contributed by atoms with Crippen molar-refractivity contribution in [2.45, 2.75) is 0 Å². The van der Waals surface area contributed by atoms with Crippen LogP contribution >= 0.6 is 11.3 Å². The molecular formula is C46H30N2S. The van der Waals surface area contributed by atoms with Gasteiger partial charge in [-0.2, -0.15) is 0 Å². The van der Waals surface area contributed by atoms with Crippen molar-refractivity contribution in [3.05, 3.63) is 182 Å². The van der Waals surface area contributed by atoms with Gasteiger partial charge in [-0.15, -0.1) is 11.3 Å². The third-order valence-electron chi connectivity index (χ3n) is 9.76. The van der Waals surface area contributed by atoms with Crippen molar-refractivity contribution in [3.63, 3.8) is 0 Å². The lowest BCUT2D eigenvalue weighted by Crippen LogP contribution is -2.10. The van der Waals surface area contributed by atoms with E-state index in [-0.39, 0.29) is 0 Å². The summed E-state index contributed by atoms with van der Waals surface area (Å²) in [5, 5.41) is 7.69. The van der Waals surface area contributed by atoms with E-state index in [0.717, 1.165) is 22.7 Å². The van der Waals surface area contributed by atoms with Crippen LogP contribution in [0.3, 0.4) is 0 Å². The van der Waals surface area contributed by atoms with Gasteiger partial charge in [0.15, 0.2) is 0 Å². The summed E-state index contributed by atoms with van der Waals surface area (Å²) in [7, 11) is 0. The van der Waals surface area contributed by atoms with Crippen LogP contribution < -0.4 is 4.90 Å². The predicted octanol–water partition coefficient (Wildman–Crippen LogP) is 13.4. The van der Waals surface area contributed by atoms with Crippen LogP contribution in [0.15, 0.2) is 182 Å². The molecule has 0 saturated heterocycles. The maximum absolute atomic E-state index is 2.40. The summed E-state index contributed by atoms with van der Waals surface area (Å²) in [6, 6.07) is 66.1. The smallest absolute Gasteiger partial charge is 0.0561 e. The van der Waals surface area contributed by atoms with Crippen molar-refractivity contribution in [1.29, 1.82) is 0 Å². The fourth-order valence-electron chi connectivity index (χ4n) is 7.47. The van der Waals surface area contributed by atoms with Gasteiger partial charge in [-0.25, -0.2) is 0 Å². The van der Waals surface area contributed by atoms with Crippen LogP contribution in [0, 0.1) is 0 Å². The van der Waals surface area contributed by atoms with Crippen LogP contribution in [0.1, 0.15) is 0 Å². The van der Waals surface area contributed by atoms with Crippen LogP contribution in [0.5, 0.6) is 0 Å². The standard InChI is InChI=1S/C46H30N2S/c1-3-11-31(12-4-1)32-19-22-35(23-20-32)47(36-24-27-38-33(29-36)21-26-42-41-16-8-10-18-45(41)49-46(38)42)37-25-28-40-39-15-7-9-17-43(39)48(44(40)30-37)34-13-5-2-6-14-34/h1-30H. The largest absolute Gasteiger partial charge is 0.310 e. The molecule has 2 aromatic heterocycles. The Morgan fingerprint density at radius 3 is 1.80 bits per heavy atom. The molecule has 3 heteroatoms. The zero-order valence-corrected chi connectivity index (χ0v) is 27.4. The molecule has 2 nitrogen and oxygen atoms in total. The number of rotatable bonds is 5. The Labute approximate surface area is 288 Å². The summed E-state index contributed by atoms with van der Waals surface area (Å²) in [4.78, 5) is 2.40. The summed E-state index contributed by atoms with van der Waals surface area (Å²) < 4.78 is 5.07. The third-order valence-corrected chi connectivity index (χ3v) is 11.0. The second-order valence-electron chi connectivity index (χ2n) is 12.6. The fourth-order valence-corrected chi connectivity index (χ4v) is 8.71. The molecule has 0 spiro atoms. The molecule has 0 aliphatic heterocycles. The topological polar surface area (TPSA) is 8.17 Å². The molecule has 0 N–H and O–H groups in total. The van der Waals surface area contributed by atoms with Gasteiger partial charge in [-0.1, -0.05) is 121 Å². The number of para-hydroxylation sites is 2. The van der Waals surface area contributed by atoms with Gasteiger partial charge in [0.1, 0.15) is 0 Å². The van der Waals surface area contributed by atoms with E-state index in [2.05, 4.69) is 191 Å². The Hall–Kier alpha value is -6.16. The molecule has 0 saturated carbocycles. The molecule has 8 aromatic carbocycles. The predicted molar refractivity (Wildman–Crippen MR) is 211 cm³/mol. The summed E-state index contributed by atoms with van der Waals surface area (Å²) in [5.74, 6) is 0. The molecule has 0 atom stereocenters. The van der Waals surface area contributed by atoms with Gasteiger partial charge in [0.2, 0.25) is 0 Å². The van der Waals surface area contributed by atoms with Gasteiger partial charge in [0.25, 0.3) is 0 Å². The minimum absolute atomic E-state index is 1.11. The molecule has 0 aliphatic carbocycles. The minimum Gasteiger partial charge on any atom is -0.310 e. The highest BCUT2D eigenvalue weighted by molar-refractivity contribution is 7.26. The van der Waals surface area contributed by atoms with Gasteiger partial charge in [-0.05, 0) is 82.6 Å². The third kappa shape index (κ3) is 4.55. The molecule has 0 radical (unpaired) electrons. The SMILES string of the molecule is c1ccc(-c2ccc(N(c3ccc4c(ccc5c6ccccc6sc45)c3)c3ccc4c5ccccc5n(-c5ccccc5)c4c3)cc2)cc1. The Balaban J connectivity index is 1.19. The van der Waals surface area contributed by atoms with Crippen molar-refractivity contribution in [1.82, 2.24) is 4.57 Å². The van der Waals surface area contributed by atoms with Gasteiger partial charge >= 0.3 is 0 Å². The molecule has 0 bridgehead atoms. The van der Waals surface area contributed by atoms with Crippen molar-refractivity contribution in [3.8, 4) is 16.8 Å². The number of anilines is 3. The van der Waals surface area contributed by atoms with E-state index in [1.165, 1.54) is 63.9 Å². The molecule has 0 aliphatic rings. The summed E-state index contributed by atoms with van der Waals surface area (Å²) >= 11 is 1.88. The highest BCUT2D eigenvalue weighted by Gasteiger charge is 2.18. The monoisotopic (exact) mass is 642 g/mol. The Morgan fingerprint density at radius 2 is 0.980 bits per heavy atom. The van der Waals surface area contributed by atoms with Crippen LogP contribution in [0.4, 0.5) is 17.1 Å². The van der Waals surface area contributed by atoms with Crippen LogP contribution in [-0.4, -0.2) is 4.57 Å². The van der Waals surface area contributed by atoms with Gasteiger partial charge in [0.05, 0.1) is 11.0 Å². The van der Waals surface area contributed by atoms with Crippen molar-refractivity contribution < 1.29 is 0 Å². The first kappa shape index (κ1) is 27.9. The Morgan fingerprint density at radius 1 is 0.388 bits per heavy atom. The van der Waals surface area contributed by atoms with Crippen molar-refractivity contribution in [2.75, 3.05) is 4.90 Å².